The summed E-state index contributed by atoms with van der Waals surface area (Å²) in [4.78, 5) is 37.1. The predicted octanol–water partition coefficient (Wildman–Crippen LogP) is 0.409. The van der Waals surface area contributed by atoms with Crippen molar-refractivity contribution in [1.82, 2.24) is 25.0 Å². The summed E-state index contributed by atoms with van der Waals surface area (Å²) in [5.74, 6) is -0.0170. The molecule has 0 radical (unpaired) electrons. The number of pyridine rings is 1. The van der Waals surface area contributed by atoms with Gasteiger partial charge in [-0.25, -0.2) is 0 Å². The number of piperazine rings is 1. The number of amides is 2. The highest BCUT2D eigenvalue weighted by Crippen LogP contribution is 2.40. The number of likely N-dealkylation sites (N-methyl/N-ethyl adjacent to an activating group) is 1. The molecule has 4 fully saturated rings. The molecule has 4 aliphatic rings. The Morgan fingerprint density at radius 3 is 2.77 bits per heavy atom. The first-order valence-electron chi connectivity index (χ1n) is 11.1. The highest BCUT2D eigenvalue weighted by Gasteiger charge is 2.50. The van der Waals surface area contributed by atoms with Gasteiger partial charge in [-0.3, -0.25) is 19.5 Å². The normalized spacial score (nSPS) is 30.0. The molecule has 1 aromatic rings. The lowest BCUT2D eigenvalue weighted by atomic mass is 9.84. The third-order valence-electron chi connectivity index (χ3n) is 7.32. The van der Waals surface area contributed by atoms with E-state index in [1.165, 1.54) is 0 Å². The lowest BCUT2D eigenvalue weighted by molar-refractivity contribution is -0.173. The van der Waals surface area contributed by atoms with Gasteiger partial charge in [0, 0.05) is 43.6 Å². The van der Waals surface area contributed by atoms with Crippen LogP contribution in [0.25, 0.3) is 0 Å². The Balaban J connectivity index is 1.42. The maximum Gasteiger partial charge on any atom is 0.254 e. The Hall–Kier alpha value is -2.03. The van der Waals surface area contributed by atoms with Crippen LogP contribution in [0.5, 0.6) is 0 Å². The molecule has 0 unspecified atom stereocenters. The number of nitrogens with one attached hydrogen (secondary N) is 1. The molecule has 0 bridgehead atoms. The van der Waals surface area contributed by atoms with Crippen molar-refractivity contribution in [3.8, 4) is 0 Å². The van der Waals surface area contributed by atoms with Crippen LogP contribution in [0.15, 0.2) is 24.5 Å². The Bertz CT molecular complexity index is 793. The van der Waals surface area contributed by atoms with Crippen molar-refractivity contribution < 1.29 is 14.3 Å². The van der Waals surface area contributed by atoms with Crippen LogP contribution in [-0.4, -0.2) is 95.6 Å². The SMILES string of the molecule is CN1CCN(C(=O)[C@H]2OCC(=O)N(C3CC3)[C@@H]2c2cccnc2)CC12CCNCC2. The van der Waals surface area contributed by atoms with Crippen molar-refractivity contribution in [3.05, 3.63) is 30.1 Å². The Morgan fingerprint density at radius 2 is 2.07 bits per heavy atom. The number of hydrogen-bond donors (Lipinski definition) is 1. The van der Waals surface area contributed by atoms with Gasteiger partial charge in [-0.1, -0.05) is 6.07 Å². The maximum absolute atomic E-state index is 13.8. The zero-order chi connectivity index (χ0) is 20.7. The van der Waals surface area contributed by atoms with E-state index in [-0.39, 0.29) is 30.0 Å². The summed E-state index contributed by atoms with van der Waals surface area (Å²) >= 11 is 0. The quantitative estimate of drug-likeness (QED) is 0.773. The van der Waals surface area contributed by atoms with E-state index in [9.17, 15) is 9.59 Å². The molecule has 1 aromatic heterocycles. The minimum atomic E-state index is -0.672. The van der Waals surface area contributed by atoms with Crippen molar-refractivity contribution in [2.75, 3.05) is 46.4 Å². The van der Waals surface area contributed by atoms with Gasteiger partial charge in [0.2, 0.25) is 5.91 Å². The van der Waals surface area contributed by atoms with Crippen molar-refractivity contribution in [2.24, 2.45) is 0 Å². The first-order valence-corrected chi connectivity index (χ1v) is 11.1. The zero-order valence-corrected chi connectivity index (χ0v) is 17.6. The summed E-state index contributed by atoms with van der Waals surface area (Å²) in [5, 5.41) is 3.44. The topological polar surface area (TPSA) is 78.0 Å². The fraction of sp³-hybridized carbons (Fsp3) is 0.682. The Labute approximate surface area is 177 Å². The second kappa shape index (κ2) is 7.90. The van der Waals surface area contributed by atoms with E-state index in [0.29, 0.717) is 6.54 Å². The summed E-state index contributed by atoms with van der Waals surface area (Å²) in [7, 11) is 2.18. The molecule has 3 aliphatic heterocycles. The van der Waals surface area contributed by atoms with Gasteiger partial charge in [0.25, 0.3) is 5.91 Å². The van der Waals surface area contributed by atoms with Crippen LogP contribution in [0.1, 0.15) is 37.3 Å². The van der Waals surface area contributed by atoms with Crippen LogP contribution in [-0.2, 0) is 14.3 Å². The van der Waals surface area contributed by atoms with Crippen LogP contribution in [0.4, 0.5) is 0 Å². The van der Waals surface area contributed by atoms with E-state index in [0.717, 1.165) is 57.4 Å². The summed E-state index contributed by atoms with van der Waals surface area (Å²) < 4.78 is 5.95. The first kappa shape index (κ1) is 19.9. The molecule has 1 aliphatic carbocycles. The minimum Gasteiger partial charge on any atom is -0.356 e. The van der Waals surface area contributed by atoms with Crippen LogP contribution >= 0.6 is 0 Å². The number of morpholine rings is 1. The second-order valence-electron chi connectivity index (χ2n) is 9.15. The zero-order valence-electron chi connectivity index (χ0n) is 17.6. The van der Waals surface area contributed by atoms with Crippen molar-refractivity contribution in [2.45, 2.75) is 49.4 Å². The number of piperidine rings is 1. The molecular weight excluding hydrogens is 382 g/mol. The molecule has 1 N–H and O–H groups in total. The lowest BCUT2D eigenvalue weighted by Gasteiger charge is -2.52. The molecule has 1 spiro atoms. The molecule has 30 heavy (non-hydrogen) atoms. The van der Waals surface area contributed by atoms with Crippen LogP contribution in [0.2, 0.25) is 0 Å². The molecule has 5 rings (SSSR count). The standard InChI is InChI=1S/C22H31N5O3/c1-25-11-12-26(15-22(25)6-9-23-10-7-22)21(29)20-19(16-3-2-8-24-13-16)27(17-4-5-17)18(28)14-30-20/h2-3,8,13,17,19-20,23H,4-7,9-12,14-15H2,1H3/t19-,20+/m1/s1. The largest absolute Gasteiger partial charge is 0.356 e. The number of aromatic nitrogens is 1. The van der Waals surface area contributed by atoms with Crippen LogP contribution in [0, 0.1) is 0 Å². The lowest BCUT2D eigenvalue weighted by Crippen LogP contribution is -2.66. The van der Waals surface area contributed by atoms with Gasteiger partial charge in [-0.05, 0) is 57.5 Å². The smallest absolute Gasteiger partial charge is 0.254 e. The van der Waals surface area contributed by atoms with E-state index in [1.807, 2.05) is 21.9 Å². The van der Waals surface area contributed by atoms with Gasteiger partial charge < -0.3 is 19.9 Å². The molecule has 3 saturated heterocycles. The Kier molecular flexibility index (Phi) is 5.24. The van der Waals surface area contributed by atoms with E-state index in [2.05, 4.69) is 22.2 Å². The van der Waals surface area contributed by atoms with Gasteiger partial charge in [-0.15, -0.1) is 0 Å². The van der Waals surface area contributed by atoms with Gasteiger partial charge in [0.15, 0.2) is 6.10 Å². The highest BCUT2D eigenvalue weighted by molar-refractivity contribution is 5.87. The number of hydrogen-bond acceptors (Lipinski definition) is 6. The monoisotopic (exact) mass is 413 g/mol. The highest BCUT2D eigenvalue weighted by atomic mass is 16.5. The molecule has 0 aromatic carbocycles. The molecule has 2 atom stereocenters. The van der Waals surface area contributed by atoms with Gasteiger partial charge in [0.1, 0.15) is 6.61 Å². The number of carbonyl (C=O) groups is 2. The number of rotatable bonds is 3. The van der Waals surface area contributed by atoms with Gasteiger partial charge >= 0.3 is 0 Å². The molecule has 8 nitrogen and oxygen atoms in total. The summed E-state index contributed by atoms with van der Waals surface area (Å²) in [6, 6.07) is 3.63. The second-order valence-corrected chi connectivity index (χ2v) is 9.15. The molecule has 2 amide bonds. The van der Waals surface area contributed by atoms with Crippen molar-refractivity contribution in [3.63, 3.8) is 0 Å². The average Bonchev–Trinajstić information content (AvgIpc) is 3.61. The summed E-state index contributed by atoms with van der Waals surface area (Å²) in [6.45, 7) is 4.22. The number of ether oxygens (including phenoxy) is 1. The summed E-state index contributed by atoms with van der Waals surface area (Å²) in [5.41, 5.74) is 0.908. The van der Waals surface area contributed by atoms with E-state index in [4.69, 9.17) is 4.74 Å². The third kappa shape index (κ3) is 3.50. The molecular formula is C22H31N5O3. The molecule has 162 valence electrons. The molecule has 8 heteroatoms. The van der Waals surface area contributed by atoms with Crippen molar-refractivity contribution in [1.29, 1.82) is 0 Å². The fourth-order valence-corrected chi connectivity index (χ4v) is 5.37. The van der Waals surface area contributed by atoms with Crippen LogP contribution < -0.4 is 5.32 Å². The van der Waals surface area contributed by atoms with Gasteiger partial charge in [0.05, 0.1) is 6.04 Å². The Morgan fingerprint density at radius 1 is 1.27 bits per heavy atom. The number of carbonyl (C=O) groups excluding carboxylic acids is 2. The summed E-state index contributed by atoms with van der Waals surface area (Å²) in [6.07, 6.45) is 6.88. The first-order chi connectivity index (χ1) is 14.6. The fourth-order valence-electron chi connectivity index (χ4n) is 5.37. The van der Waals surface area contributed by atoms with Crippen LogP contribution in [0.3, 0.4) is 0 Å². The van der Waals surface area contributed by atoms with Crippen molar-refractivity contribution >= 4 is 11.8 Å². The van der Waals surface area contributed by atoms with E-state index < -0.39 is 12.1 Å². The number of nitrogens with zero attached hydrogens (tertiary/aromatic N) is 4. The maximum atomic E-state index is 13.8. The molecule has 1 saturated carbocycles. The molecule has 4 heterocycles. The van der Waals surface area contributed by atoms with E-state index >= 15 is 0 Å². The predicted molar refractivity (Wildman–Crippen MR) is 111 cm³/mol. The average molecular weight is 414 g/mol. The minimum absolute atomic E-state index is 0.00742. The van der Waals surface area contributed by atoms with E-state index in [1.54, 1.807) is 12.4 Å². The third-order valence-corrected chi connectivity index (χ3v) is 7.32. The van der Waals surface area contributed by atoms with Gasteiger partial charge in [-0.2, -0.15) is 0 Å².